The van der Waals surface area contributed by atoms with Gasteiger partial charge < -0.3 is 15.9 Å². The van der Waals surface area contributed by atoms with E-state index in [4.69, 9.17) is 21.4 Å². The van der Waals surface area contributed by atoms with Crippen molar-refractivity contribution in [2.75, 3.05) is 11.5 Å². The van der Waals surface area contributed by atoms with Gasteiger partial charge in [0.1, 0.15) is 11.8 Å². The molecule has 0 spiro atoms. The van der Waals surface area contributed by atoms with E-state index in [1.54, 1.807) is 0 Å². The summed E-state index contributed by atoms with van der Waals surface area (Å²) >= 11 is 2.98. The van der Waals surface area contributed by atoms with Crippen LogP contribution in [0.15, 0.2) is 0 Å². The third-order valence-electron chi connectivity index (χ3n) is 2.66. The zero-order chi connectivity index (χ0) is 13.7. The fourth-order valence-corrected chi connectivity index (χ4v) is 4.25. The second kappa shape index (κ2) is 7.01. The lowest BCUT2D eigenvalue weighted by Crippen LogP contribution is -2.37. The van der Waals surface area contributed by atoms with Crippen LogP contribution in [0.3, 0.4) is 0 Å². The van der Waals surface area contributed by atoms with Gasteiger partial charge in [-0.05, 0) is 12.8 Å². The minimum absolute atomic E-state index is 0.196. The van der Waals surface area contributed by atoms with Crippen LogP contribution < -0.4 is 5.73 Å². The summed E-state index contributed by atoms with van der Waals surface area (Å²) in [6.45, 7) is 0. The Bertz CT molecular complexity index is 351. The number of rotatable bonds is 8. The van der Waals surface area contributed by atoms with Gasteiger partial charge in [-0.1, -0.05) is 0 Å². The van der Waals surface area contributed by atoms with E-state index in [1.807, 2.05) is 0 Å². The molecule has 1 aliphatic carbocycles. The van der Waals surface area contributed by atoms with Crippen LogP contribution in [-0.4, -0.2) is 55.9 Å². The third-order valence-corrected chi connectivity index (χ3v) is 5.82. The smallest absolute Gasteiger partial charge is 0.350 e. The van der Waals surface area contributed by atoms with Crippen molar-refractivity contribution < 1.29 is 19.8 Å². The van der Waals surface area contributed by atoms with Crippen molar-refractivity contribution in [3.05, 3.63) is 0 Å². The van der Waals surface area contributed by atoms with Gasteiger partial charge in [-0.15, -0.1) is 0 Å². The summed E-state index contributed by atoms with van der Waals surface area (Å²) in [6, 6.07) is -0.849. The van der Waals surface area contributed by atoms with Crippen molar-refractivity contribution in [3.63, 3.8) is 0 Å². The Morgan fingerprint density at radius 1 is 1.28 bits per heavy atom. The Labute approximate surface area is 113 Å². The summed E-state index contributed by atoms with van der Waals surface area (Å²) in [5.41, 5.74) is 5.12. The standard InChI is InChI=1S/C10H16N2O4S2/c11-5(9(13)14)3-17-7-1-2-8(7)18-4-6(12)10(15)16/h5,7-8,12H,1-4,11H2,(H,13,14)(H,15,16). The number of nitrogens with two attached hydrogens (primary N) is 1. The molecule has 0 heterocycles. The monoisotopic (exact) mass is 292 g/mol. The number of nitrogens with one attached hydrogen (secondary N) is 1. The lowest BCUT2D eigenvalue weighted by atomic mass is 9.99. The van der Waals surface area contributed by atoms with Gasteiger partial charge in [-0.3, -0.25) is 10.2 Å². The van der Waals surface area contributed by atoms with E-state index >= 15 is 0 Å². The van der Waals surface area contributed by atoms with Crippen molar-refractivity contribution in [2.45, 2.75) is 29.4 Å². The fraction of sp³-hybridized carbons (Fsp3) is 0.700. The maximum atomic E-state index is 10.6. The fourth-order valence-electron chi connectivity index (χ4n) is 1.37. The zero-order valence-electron chi connectivity index (χ0n) is 9.67. The van der Waals surface area contributed by atoms with E-state index in [0.29, 0.717) is 16.3 Å². The number of thioether (sulfide) groups is 2. The van der Waals surface area contributed by atoms with Crippen molar-refractivity contribution in [3.8, 4) is 0 Å². The van der Waals surface area contributed by atoms with E-state index in [9.17, 15) is 9.59 Å². The summed E-state index contributed by atoms with van der Waals surface area (Å²) in [6.07, 6.45) is 1.98. The largest absolute Gasteiger partial charge is 0.480 e. The highest BCUT2D eigenvalue weighted by Crippen LogP contribution is 2.40. The molecular weight excluding hydrogens is 276 g/mol. The Hall–Kier alpha value is -0.730. The lowest BCUT2D eigenvalue weighted by molar-refractivity contribution is -0.138. The average Bonchev–Trinajstić information content (AvgIpc) is 2.27. The minimum atomic E-state index is -1.18. The molecule has 1 fully saturated rings. The molecule has 102 valence electrons. The maximum Gasteiger partial charge on any atom is 0.350 e. The van der Waals surface area contributed by atoms with Crippen LogP contribution in [0.4, 0.5) is 0 Å². The van der Waals surface area contributed by atoms with Gasteiger partial charge in [0.05, 0.1) is 0 Å². The van der Waals surface area contributed by atoms with Crippen LogP contribution in [0.25, 0.3) is 0 Å². The topological polar surface area (TPSA) is 124 Å². The molecule has 8 heteroatoms. The van der Waals surface area contributed by atoms with Crippen LogP contribution >= 0.6 is 23.5 Å². The van der Waals surface area contributed by atoms with Crippen molar-refractivity contribution >= 4 is 41.2 Å². The second-order valence-corrected chi connectivity index (χ2v) is 6.53. The normalized spacial score (nSPS) is 24.1. The number of hydrogen-bond donors (Lipinski definition) is 4. The first-order chi connectivity index (χ1) is 8.41. The van der Waals surface area contributed by atoms with Crippen LogP contribution in [0, 0.1) is 5.41 Å². The molecule has 0 amide bonds. The van der Waals surface area contributed by atoms with Crippen molar-refractivity contribution in [1.82, 2.24) is 0 Å². The summed E-state index contributed by atoms with van der Waals surface area (Å²) in [7, 11) is 0. The predicted octanol–water partition coefficient (Wildman–Crippen LogP) is 0.500. The molecule has 6 nitrogen and oxygen atoms in total. The molecule has 0 saturated heterocycles. The van der Waals surface area contributed by atoms with Crippen LogP contribution in [-0.2, 0) is 9.59 Å². The maximum absolute atomic E-state index is 10.6. The molecule has 3 unspecified atom stereocenters. The van der Waals surface area contributed by atoms with Crippen molar-refractivity contribution in [1.29, 1.82) is 5.41 Å². The Morgan fingerprint density at radius 3 is 2.28 bits per heavy atom. The Kier molecular flexibility index (Phi) is 5.97. The molecule has 0 aromatic rings. The summed E-state index contributed by atoms with van der Waals surface area (Å²) in [5, 5.41) is 25.0. The highest BCUT2D eigenvalue weighted by Gasteiger charge is 2.32. The van der Waals surface area contributed by atoms with Gasteiger partial charge in [-0.2, -0.15) is 23.5 Å². The van der Waals surface area contributed by atoms with Crippen LogP contribution in [0.2, 0.25) is 0 Å². The summed E-state index contributed by atoms with van der Waals surface area (Å²) < 4.78 is 0. The number of carbonyl (C=O) groups is 2. The summed E-state index contributed by atoms with van der Waals surface area (Å²) in [4.78, 5) is 21.0. The molecule has 1 aliphatic rings. The van der Waals surface area contributed by atoms with E-state index < -0.39 is 18.0 Å². The quantitative estimate of drug-likeness (QED) is 0.480. The average molecular weight is 292 g/mol. The van der Waals surface area contributed by atoms with Gasteiger partial charge in [0.25, 0.3) is 0 Å². The van der Waals surface area contributed by atoms with E-state index in [2.05, 4.69) is 0 Å². The molecule has 0 aromatic carbocycles. The van der Waals surface area contributed by atoms with E-state index in [-0.39, 0.29) is 11.5 Å². The zero-order valence-corrected chi connectivity index (χ0v) is 11.3. The highest BCUT2D eigenvalue weighted by molar-refractivity contribution is 8.04. The molecule has 0 radical (unpaired) electrons. The minimum Gasteiger partial charge on any atom is -0.480 e. The molecule has 18 heavy (non-hydrogen) atoms. The van der Waals surface area contributed by atoms with E-state index in [0.717, 1.165) is 12.8 Å². The second-order valence-electron chi connectivity index (χ2n) is 4.03. The molecule has 3 atom stereocenters. The Morgan fingerprint density at radius 2 is 1.83 bits per heavy atom. The van der Waals surface area contributed by atoms with Gasteiger partial charge in [0, 0.05) is 22.0 Å². The van der Waals surface area contributed by atoms with Gasteiger partial charge in [0.2, 0.25) is 0 Å². The first-order valence-electron chi connectivity index (χ1n) is 5.44. The number of hydrogen-bond acceptors (Lipinski definition) is 6. The molecule has 0 aliphatic heterocycles. The first kappa shape index (κ1) is 15.3. The molecule has 1 saturated carbocycles. The molecular formula is C10H16N2O4S2. The number of carboxylic acid groups (broad SMARTS) is 2. The van der Waals surface area contributed by atoms with Gasteiger partial charge >= 0.3 is 11.9 Å². The SMILES string of the molecule is N=C(CSC1CCC1SCC(N)C(=O)O)C(=O)O. The molecule has 5 N–H and O–H groups in total. The highest BCUT2D eigenvalue weighted by atomic mass is 32.2. The van der Waals surface area contributed by atoms with Crippen LogP contribution in [0.5, 0.6) is 0 Å². The number of aliphatic carboxylic acids is 2. The summed E-state index contributed by atoms with van der Waals surface area (Å²) in [5.74, 6) is -1.62. The van der Waals surface area contributed by atoms with Gasteiger partial charge in [0.15, 0.2) is 0 Å². The van der Waals surface area contributed by atoms with Gasteiger partial charge in [-0.25, -0.2) is 4.79 Å². The number of carboxylic acids is 2. The molecule has 1 rings (SSSR count). The van der Waals surface area contributed by atoms with Crippen LogP contribution in [0.1, 0.15) is 12.8 Å². The predicted molar refractivity (Wildman–Crippen MR) is 72.7 cm³/mol. The van der Waals surface area contributed by atoms with Crippen molar-refractivity contribution in [2.24, 2.45) is 5.73 Å². The van der Waals surface area contributed by atoms with E-state index in [1.165, 1.54) is 23.5 Å². The third kappa shape index (κ3) is 4.51. The molecule has 0 bridgehead atoms. The molecule has 0 aromatic heterocycles. The Balaban J connectivity index is 2.23. The lowest BCUT2D eigenvalue weighted by Gasteiger charge is -2.35. The first-order valence-corrected chi connectivity index (χ1v) is 7.54.